The monoisotopic (exact) mass is 320 g/mol. The molecule has 0 atom stereocenters. The van der Waals surface area contributed by atoms with Crippen LogP contribution in [-0.4, -0.2) is 23.0 Å². The van der Waals surface area contributed by atoms with E-state index in [-0.39, 0.29) is 5.82 Å². The third kappa shape index (κ3) is 2.76. The minimum atomic E-state index is -0.175. The zero-order chi connectivity index (χ0) is 16.7. The molecular formula is C21H21FN2. The van der Waals surface area contributed by atoms with Crippen LogP contribution in [0.2, 0.25) is 0 Å². The summed E-state index contributed by atoms with van der Waals surface area (Å²) >= 11 is 0. The molecule has 0 spiro atoms. The van der Waals surface area contributed by atoms with Gasteiger partial charge in [-0.2, -0.15) is 0 Å². The Hall–Kier alpha value is -2.39. The highest BCUT2D eigenvalue weighted by Crippen LogP contribution is 2.29. The topological polar surface area (TPSA) is 19.0 Å². The van der Waals surface area contributed by atoms with E-state index >= 15 is 0 Å². The first-order valence-electron chi connectivity index (χ1n) is 8.36. The average Bonchev–Trinajstić information content (AvgIpc) is 2.93. The standard InChI is InChI=1S/C21H21FN2/c1-14-3-5-16(6-4-14)15(2)12-24-10-9-21-19(13-24)18-11-17(22)7-8-20(18)23-21/h3-8,11,23H,2,9-10,12-13H2,1H3. The Morgan fingerprint density at radius 1 is 1.21 bits per heavy atom. The number of rotatable bonds is 3. The van der Waals surface area contributed by atoms with Crippen molar-refractivity contribution in [3.05, 3.63) is 77.2 Å². The number of nitrogens with one attached hydrogen (secondary N) is 1. The number of hydrogen-bond acceptors (Lipinski definition) is 1. The summed E-state index contributed by atoms with van der Waals surface area (Å²) in [5.74, 6) is -0.175. The molecule has 3 heteroatoms. The Balaban J connectivity index is 1.55. The summed E-state index contributed by atoms with van der Waals surface area (Å²) in [7, 11) is 0. The lowest BCUT2D eigenvalue weighted by molar-refractivity contribution is 0.286. The van der Waals surface area contributed by atoms with E-state index in [0.29, 0.717) is 0 Å². The highest BCUT2D eigenvalue weighted by Gasteiger charge is 2.21. The third-order valence-electron chi connectivity index (χ3n) is 4.89. The second kappa shape index (κ2) is 5.91. The summed E-state index contributed by atoms with van der Waals surface area (Å²) in [6.07, 6.45) is 0.965. The van der Waals surface area contributed by atoms with E-state index in [2.05, 4.69) is 47.7 Å². The van der Waals surface area contributed by atoms with E-state index in [4.69, 9.17) is 0 Å². The maximum atomic E-state index is 13.6. The quantitative estimate of drug-likeness (QED) is 0.742. The van der Waals surface area contributed by atoms with Crippen LogP contribution in [0.5, 0.6) is 0 Å². The van der Waals surface area contributed by atoms with Crippen LogP contribution >= 0.6 is 0 Å². The van der Waals surface area contributed by atoms with Crippen LogP contribution in [0.25, 0.3) is 16.5 Å². The predicted molar refractivity (Wildman–Crippen MR) is 97.5 cm³/mol. The van der Waals surface area contributed by atoms with Crippen LogP contribution in [0.15, 0.2) is 49.0 Å². The van der Waals surface area contributed by atoms with Crippen molar-refractivity contribution in [2.75, 3.05) is 13.1 Å². The number of benzene rings is 2. The van der Waals surface area contributed by atoms with Crippen LogP contribution < -0.4 is 0 Å². The molecule has 1 aromatic heterocycles. The molecule has 0 radical (unpaired) electrons. The van der Waals surface area contributed by atoms with Crippen molar-refractivity contribution in [2.24, 2.45) is 0 Å². The molecule has 2 aromatic carbocycles. The van der Waals surface area contributed by atoms with Gasteiger partial charge in [0.2, 0.25) is 0 Å². The predicted octanol–water partition coefficient (Wildman–Crippen LogP) is 4.69. The van der Waals surface area contributed by atoms with Gasteiger partial charge in [0, 0.05) is 42.7 Å². The Bertz CT molecular complexity index is 905. The van der Waals surface area contributed by atoms with E-state index in [1.165, 1.54) is 28.5 Å². The van der Waals surface area contributed by atoms with Crippen LogP contribution in [-0.2, 0) is 13.0 Å². The summed E-state index contributed by atoms with van der Waals surface area (Å²) in [6.45, 7) is 9.02. The summed E-state index contributed by atoms with van der Waals surface area (Å²) in [5.41, 5.74) is 7.08. The highest BCUT2D eigenvalue weighted by atomic mass is 19.1. The van der Waals surface area contributed by atoms with Gasteiger partial charge in [-0.15, -0.1) is 0 Å². The molecule has 0 aliphatic carbocycles. The van der Waals surface area contributed by atoms with Crippen LogP contribution in [0.4, 0.5) is 4.39 Å². The minimum Gasteiger partial charge on any atom is -0.358 e. The Kier molecular flexibility index (Phi) is 3.73. The van der Waals surface area contributed by atoms with Crippen molar-refractivity contribution in [1.29, 1.82) is 0 Å². The maximum Gasteiger partial charge on any atom is 0.123 e. The van der Waals surface area contributed by atoms with Crippen molar-refractivity contribution in [3.63, 3.8) is 0 Å². The normalized spacial score (nSPS) is 14.8. The first-order chi connectivity index (χ1) is 11.6. The molecule has 0 fully saturated rings. The van der Waals surface area contributed by atoms with Crippen LogP contribution in [0.3, 0.4) is 0 Å². The highest BCUT2D eigenvalue weighted by molar-refractivity contribution is 5.85. The fourth-order valence-corrected chi connectivity index (χ4v) is 3.53. The number of aromatic amines is 1. The Labute approximate surface area is 141 Å². The van der Waals surface area contributed by atoms with E-state index in [1.807, 2.05) is 6.07 Å². The molecule has 3 aromatic rings. The Morgan fingerprint density at radius 3 is 2.79 bits per heavy atom. The molecular weight excluding hydrogens is 299 g/mol. The first kappa shape index (κ1) is 15.2. The summed E-state index contributed by atoms with van der Waals surface area (Å²) in [6, 6.07) is 13.5. The molecule has 2 nitrogen and oxygen atoms in total. The molecule has 0 bridgehead atoms. The zero-order valence-corrected chi connectivity index (χ0v) is 13.9. The van der Waals surface area contributed by atoms with Crippen molar-refractivity contribution >= 4 is 16.5 Å². The van der Waals surface area contributed by atoms with Crippen LogP contribution in [0, 0.1) is 12.7 Å². The molecule has 0 unspecified atom stereocenters. The zero-order valence-electron chi connectivity index (χ0n) is 13.9. The van der Waals surface area contributed by atoms with Gasteiger partial charge in [-0.05, 0) is 41.8 Å². The van der Waals surface area contributed by atoms with Crippen molar-refractivity contribution < 1.29 is 4.39 Å². The lowest BCUT2D eigenvalue weighted by Crippen LogP contribution is -2.31. The number of aromatic nitrogens is 1. The second-order valence-electron chi connectivity index (χ2n) is 6.70. The van der Waals surface area contributed by atoms with E-state index in [9.17, 15) is 4.39 Å². The maximum absolute atomic E-state index is 13.6. The molecule has 2 heterocycles. The third-order valence-corrected chi connectivity index (χ3v) is 4.89. The van der Waals surface area contributed by atoms with Gasteiger partial charge >= 0.3 is 0 Å². The largest absolute Gasteiger partial charge is 0.358 e. The van der Waals surface area contributed by atoms with Crippen molar-refractivity contribution in [1.82, 2.24) is 9.88 Å². The van der Waals surface area contributed by atoms with Gasteiger partial charge in [-0.3, -0.25) is 4.90 Å². The van der Waals surface area contributed by atoms with Gasteiger partial charge in [0.25, 0.3) is 0 Å². The first-order valence-corrected chi connectivity index (χ1v) is 8.36. The van der Waals surface area contributed by atoms with Gasteiger partial charge in [0.1, 0.15) is 5.82 Å². The number of hydrogen-bond donors (Lipinski definition) is 1. The van der Waals surface area contributed by atoms with E-state index in [0.717, 1.165) is 42.5 Å². The lowest BCUT2D eigenvalue weighted by atomic mass is 10.0. The molecule has 4 rings (SSSR count). The molecule has 122 valence electrons. The molecule has 1 aliphatic heterocycles. The molecule has 24 heavy (non-hydrogen) atoms. The summed E-state index contributed by atoms with van der Waals surface area (Å²) in [5, 5.41) is 1.01. The van der Waals surface area contributed by atoms with Crippen molar-refractivity contribution in [3.8, 4) is 0 Å². The van der Waals surface area contributed by atoms with Gasteiger partial charge in [0.05, 0.1) is 0 Å². The van der Waals surface area contributed by atoms with Gasteiger partial charge in [0.15, 0.2) is 0 Å². The number of H-pyrrole nitrogens is 1. The number of halogens is 1. The van der Waals surface area contributed by atoms with Crippen molar-refractivity contribution in [2.45, 2.75) is 19.9 Å². The van der Waals surface area contributed by atoms with E-state index < -0.39 is 0 Å². The second-order valence-corrected chi connectivity index (χ2v) is 6.70. The Morgan fingerprint density at radius 2 is 2.00 bits per heavy atom. The molecule has 0 amide bonds. The average molecular weight is 320 g/mol. The minimum absolute atomic E-state index is 0.175. The lowest BCUT2D eigenvalue weighted by Gasteiger charge is -2.28. The van der Waals surface area contributed by atoms with Gasteiger partial charge < -0.3 is 4.98 Å². The van der Waals surface area contributed by atoms with Crippen LogP contribution in [0.1, 0.15) is 22.4 Å². The summed E-state index contributed by atoms with van der Waals surface area (Å²) in [4.78, 5) is 5.83. The van der Waals surface area contributed by atoms with Gasteiger partial charge in [-0.1, -0.05) is 36.4 Å². The summed E-state index contributed by atoms with van der Waals surface area (Å²) < 4.78 is 13.6. The molecule has 0 saturated carbocycles. The van der Waals surface area contributed by atoms with Gasteiger partial charge in [-0.25, -0.2) is 4.39 Å². The number of nitrogens with zero attached hydrogens (tertiary/aromatic N) is 1. The van der Waals surface area contributed by atoms with E-state index in [1.54, 1.807) is 6.07 Å². The molecule has 1 aliphatic rings. The number of aryl methyl sites for hydroxylation is 1. The smallest absolute Gasteiger partial charge is 0.123 e. The molecule has 0 saturated heterocycles. The SMILES string of the molecule is C=C(CN1CCc2[nH]c3ccc(F)cc3c2C1)c1ccc(C)cc1. The fourth-order valence-electron chi connectivity index (χ4n) is 3.53. The fraction of sp³-hybridized carbons (Fsp3) is 0.238. The molecule has 1 N–H and O–H groups in total. The number of fused-ring (bicyclic) bond motifs is 3.